The smallest absolute Gasteiger partial charge is 0.307 e. The zero-order chi connectivity index (χ0) is 11.5. The molecule has 0 bridgehead atoms. The highest BCUT2D eigenvalue weighted by molar-refractivity contribution is 5.70. The van der Waals surface area contributed by atoms with Crippen molar-refractivity contribution in [2.75, 3.05) is 13.1 Å². The minimum atomic E-state index is -0.721. The summed E-state index contributed by atoms with van der Waals surface area (Å²) in [4.78, 5) is 12.9. The van der Waals surface area contributed by atoms with E-state index in [0.29, 0.717) is 19.5 Å². The molecule has 0 amide bonds. The summed E-state index contributed by atoms with van der Waals surface area (Å²) in [6.07, 6.45) is 0.705. The lowest BCUT2D eigenvalue weighted by molar-refractivity contribution is -0.141. The second-order valence-electron chi connectivity index (χ2n) is 4.19. The molecule has 1 aromatic carbocycles. The second-order valence-corrected chi connectivity index (χ2v) is 4.19. The third-order valence-electron chi connectivity index (χ3n) is 2.94. The summed E-state index contributed by atoms with van der Waals surface area (Å²) < 4.78 is 12.7. The lowest BCUT2D eigenvalue weighted by Gasteiger charge is -2.14. The van der Waals surface area contributed by atoms with Crippen molar-refractivity contribution < 1.29 is 14.3 Å². The van der Waals surface area contributed by atoms with Crippen LogP contribution in [0.1, 0.15) is 12.0 Å². The van der Waals surface area contributed by atoms with Crippen LogP contribution in [0.4, 0.5) is 4.39 Å². The normalized spacial score (nSPS) is 21.2. The van der Waals surface area contributed by atoms with Crippen LogP contribution in [0.3, 0.4) is 0 Å². The molecule has 1 N–H and O–H groups in total. The van der Waals surface area contributed by atoms with Gasteiger partial charge in [0.25, 0.3) is 0 Å². The number of nitrogens with zero attached hydrogens (tertiary/aromatic N) is 1. The minimum Gasteiger partial charge on any atom is -0.481 e. The van der Waals surface area contributed by atoms with E-state index in [4.69, 9.17) is 5.11 Å². The van der Waals surface area contributed by atoms with Gasteiger partial charge in [0.1, 0.15) is 5.82 Å². The Kier molecular flexibility index (Phi) is 3.19. The fourth-order valence-electron chi connectivity index (χ4n) is 2.03. The molecule has 1 aliphatic rings. The third kappa shape index (κ3) is 2.58. The van der Waals surface area contributed by atoms with Gasteiger partial charge >= 0.3 is 5.97 Å². The third-order valence-corrected chi connectivity index (χ3v) is 2.94. The Bertz CT molecular complexity index is 377. The maximum absolute atomic E-state index is 12.7. The predicted molar refractivity (Wildman–Crippen MR) is 57.4 cm³/mol. The van der Waals surface area contributed by atoms with Crippen LogP contribution in [0.5, 0.6) is 0 Å². The van der Waals surface area contributed by atoms with Gasteiger partial charge in [-0.05, 0) is 30.7 Å². The van der Waals surface area contributed by atoms with E-state index >= 15 is 0 Å². The summed E-state index contributed by atoms with van der Waals surface area (Å²) in [6.45, 7) is 2.09. The molecule has 1 atom stereocenters. The van der Waals surface area contributed by atoms with Crippen LogP contribution in [-0.4, -0.2) is 29.1 Å². The van der Waals surface area contributed by atoms with Gasteiger partial charge in [-0.15, -0.1) is 0 Å². The van der Waals surface area contributed by atoms with E-state index in [-0.39, 0.29) is 11.7 Å². The maximum atomic E-state index is 12.7. The van der Waals surface area contributed by atoms with Crippen LogP contribution in [0.15, 0.2) is 24.3 Å². The van der Waals surface area contributed by atoms with Crippen molar-refractivity contribution in [2.24, 2.45) is 5.92 Å². The Morgan fingerprint density at radius 2 is 2.12 bits per heavy atom. The van der Waals surface area contributed by atoms with Gasteiger partial charge in [-0.3, -0.25) is 9.69 Å². The van der Waals surface area contributed by atoms with Gasteiger partial charge in [0, 0.05) is 13.1 Å². The molecule has 0 spiro atoms. The fourth-order valence-corrected chi connectivity index (χ4v) is 2.03. The number of carbonyl (C=O) groups is 1. The van der Waals surface area contributed by atoms with Gasteiger partial charge in [-0.25, -0.2) is 4.39 Å². The van der Waals surface area contributed by atoms with Crippen molar-refractivity contribution in [3.63, 3.8) is 0 Å². The summed E-state index contributed by atoms with van der Waals surface area (Å²) in [5, 5.41) is 8.86. The van der Waals surface area contributed by atoms with Crippen molar-refractivity contribution >= 4 is 5.97 Å². The zero-order valence-electron chi connectivity index (χ0n) is 8.90. The van der Waals surface area contributed by atoms with Gasteiger partial charge < -0.3 is 5.11 Å². The number of carboxylic acid groups (broad SMARTS) is 1. The fraction of sp³-hybridized carbons (Fsp3) is 0.417. The van der Waals surface area contributed by atoms with E-state index in [9.17, 15) is 9.18 Å². The lowest BCUT2D eigenvalue weighted by atomic mass is 10.1. The quantitative estimate of drug-likeness (QED) is 0.848. The lowest BCUT2D eigenvalue weighted by Crippen LogP contribution is -2.22. The Labute approximate surface area is 93.5 Å². The highest BCUT2D eigenvalue weighted by Crippen LogP contribution is 2.18. The molecule has 0 radical (unpaired) electrons. The molecule has 1 aliphatic heterocycles. The SMILES string of the molecule is O=C(O)[C@@H]1CCN(Cc2ccc(F)cc2)C1. The standard InChI is InChI=1S/C12H14FNO2/c13-11-3-1-9(2-4-11)7-14-6-5-10(8-14)12(15)16/h1-4,10H,5-8H2,(H,15,16)/t10-/m1/s1. The zero-order valence-corrected chi connectivity index (χ0v) is 8.90. The van der Waals surface area contributed by atoms with Crippen LogP contribution in [0, 0.1) is 11.7 Å². The van der Waals surface area contributed by atoms with Crippen molar-refractivity contribution in [1.82, 2.24) is 4.90 Å². The molecule has 0 aliphatic carbocycles. The first-order valence-electron chi connectivity index (χ1n) is 5.35. The number of benzene rings is 1. The average molecular weight is 223 g/mol. The molecule has 4 heteroatoms. The number of halogens is 1. The number of rotatable bonds is 3. The van der Waals surface area contributed by atoms with Gasteiger partial charge in [0.05, 0.1) is 5.92 Å². The van der Waals surface area contributed by atoms with Gasteiger partial charge in [-0.1, -0.05) is 12.1 Å². The van der Waals surface area contributed by atoms with E-state index in [1.165, 1.54) is 12.1 Å². The Hall–Kier alpha value is -1.42. The van der Waals surface area contributed by atoms with Crippen molar-refractivity contribution in [1.29, 1.82) is 0 Å². The molecule has 1 saturated heterocycles. The van der Waals surface area contributed by atoms with E-state index in [0.717, 1.165) is 12.1 Å². The predicted octanol–water partition coefficient (Wildman–Crippen LogP) is 1.73. The summed E-state index contributed by atoms with van der Waals surface area (Å²) in [5.74, 6) is -1.21. The van der Waals surface area contributed by atoms with Gasteiger partial charge in [-0.2, -0.15) is 0 Å². The van der Waals surface area contributed by atoms with Gasteiger partial charge in [0.2, 0.25) is 0 Å². The molecule has 2 rings (SSSR count). The first kappa shape index (κ1) is 11.1. The number of hydrogen-bond acceptors (Lipinski definition) is 2. The van der Waals surface area contributed by atoms with E-state index in [2.05, 4.69) is 4.90 Å². The molecular weight excluding hydrogens is 209 g/mol. The topological polar surface area (TPSA) is 40.5 Å². The molecule has 0 aromatic heterocycles. The highest BCUT2D eigenvalue weighted by Gasteiger charge is 2.27. The molecule has 0 saturated carbocycles. The Balaban J connectivity index is 1.92. The Morgan fingerprint density at radius 1 is 1.44 bits per heavy atom. The molecule has 0 unspecified atom stereocenters. The molecule has 3 nitrogen and oxygen atoms in total. The molecule has 1 heterocycles. The van der Waals surface area contributed by atoms with Crippen LogP contribution >= 0.6 is 0 Å². The van der Waals surface area contributed by atoms with Crippen LogP contribution < -0.4 is 0 Å². The molecule has 16 heavy (non-hydrogen) atoms. The summed E-state index contributed by atoms with van der Waals surface area (Å²) >= 11 is 0. The minimum absolute atomic E-state index is 0.242. The van der Waals surface area contributed by atoms with Crippen molar-refractivity contribution in [3.8, 4) is 0 Å². The Morgan fingerprint density at radius 3 is 2.69 bits per heavy atom. The molecular formula is C12H14FNO2. The number of hydrogen-bond donors (Lipinski definition) is 1. The summed E-state index contributed by atoms with van der Waals surface area (Å²) in [6, 6.07) is 6.34. The maximum Gasteiger partial charge on any atom is 0.307 e. The first-order chi connectivity index (χ1) is 7.65. The number of carboxylic acids is 1. The van der Waals surface area contributed by atoms with E-state index < -0.39 is 5.97 Å². The molecule has 1 aromatic rings. The highest BCUT2D eigenvalue weighted by atomic mass is 19.1. The van der Waals surface area contributed by atoms with Crippen LogP contribution in [-0.2, 0) is 11.3 Å². The van der Waals surface area contributed by atoms with Crippen molar-refractivity contribution in [2.45, 2.75) is 13.0 Å². The summed E-state index contributed by atoms with van der Waals surface area (Å²) in [5.41, 5.74) is 1.02. The molecule has 1 fully saturated rings. The van der Waals surface area contributed by atoms with Crippen molar-refractivity contribution in [3.05, 3.63) is 35.6 Å². The molecule has 86 valence electrons. The van der Waals surface area contributed by atoms with Crippen LogP contribution in [0.2, 0.25) is 0 Å². The van der Waals surface area contributed by atoms with Gasteiger partial charge in [0.15, 0.2) is 0 Å². The first-order valence-corrected chi connectivity index (χ1v) is 5.35. The second kappa shape index (κ2) is 4.61. The number of aliphatic carboxylic acids is 1. The van der Waals surface area contributed by atoms with E-state index in [1.54, 1.807) is 12.1 Å². The van der Waals surface area contributed by atoms with E-state index in [1.807, 2.05) is 0 Å². The monoisotopic (exact) mass is 223 g/mol. The average Bonchev–Trinajstić information content (AvgIpc) is 2.70. The van der Waals surface area contributed by atoms with Crippen LogP contribution in [0.25, 0.3) is 0 Å². The summed E-state index contributed by atoms with van der Waals surface area (Å²) in [7, 11) is 0. The number of likely N-dealkylation sites (tertiary alicyclic amines) is 1. The largest absolute Gasteiger partial charge is 0.481 e.